The molecule has 0 aliphatic heterocycles. The largest absolute Gasteiger partial charge is 0.383 e. The second-order valence-corrected chi connectivity index (χ2v) is 7.51. The van der Waals surface area contributed by atoms with E-state index in [0.717, 1.165) is 14.9 Å². The van der Waals surface area contributed by atoms with Gasteiger partial charge in [0.1, 0.15) is 6.04 Å². The van der Waals surface area contributed by atoms with Crippen molar-refractivity contribution >= 4 is 33.2 Å². The van der Waals surface area contributed by atoms with Gasteiger partial charge in [-0.1, -0.05) is 6.07 Å². The van der Waals surface area contributed by atoms with Gasteiger partial charge in [-0.2, -0.15) is 0 Å². The lowest BCUT2D eigenvalue weighted by molar-refractivity contribution is -0.137. The molecular formula is C17H22BrN3O2S. The van der Waals surface area contributed by atoms with Crippen molar-refractivity contribution < 1.29 is 9.53 Å². The van der Waals surface area contributed by atoms with Crippen LogP contribution in [0.4, 0.5) is 0 Å². The zero-order chi connectivity index (χ0) is 17.5. The highest BCUT2D eigenvalue weighted by Gasteiger charge is 2.29. The molecule has 2 heterocycles. The van der Waals surface area contributed by atoms with Gasteiger partial charge in [0.05, 0.1) is 6.61 Å². The Morgan fingerprint density at radius 1 is 1.46 bits per heavy atom. The maximum Gasteiger partial charge on any atom is 0.245 e. The maximum atomic E-state index is 13.2. The van der Waals surface area contributed by atoms with Crippen molar-refractivity contribution in [2.24, 2.45) is 0 Å². The third-order valence-electron chi connectivity index (χ3n) is 3.58. The Kier molecular flexibility index (Phi) is 7.36. The van der Waals surface area contributed by atoms with Crippen LogP contribution in [-0.2, 0) is 16.1 Å². The van der Waals surface area contributed by atoms with Crippen LogP contribution >= 0.6 is 27.3 Å². The summed E-state index contributed by atoms with van der Waals surface area (Å²) in [5.74, 6) is 0.0650. The summed E-state index contributed by atoms with van der Waals surface area (Å²) in [6.45, 7) is 1.56. The van der Waals surface area contributed by atoms with Crippen LogP contribution in [0.2, 0.25) is 0 Å². The Morgan fingerprint density at radius 2 is 2.25 bits per heavy atom. The molecule has 0 radical (unpaired) electrons. The van der Waals surface area contributed by atoms with Crippen LogP contribution in [0.3, 0.4) is 0 Å². The molecule has 0 N–H and O–H groups in total. The van der Waals surface area contributed by atoms with Gasteiger partial charge in [-0.3, -0.25) is 14.7 Å². The topological polar surface area (TPSA) is 45.7 Å². The number of hydrogen-bond donors (Lipinski definition) is 0. The minimum atomic E-state index is -0.310. The number of pyridine rings is 1. The first-order valence-corrected chi connectivity index (χ1v) is 9.27. The second kappa shape index (κ2) is 9.27. The van der Waals surface area contributed by atoms with Crippen molar-refractivity contribution in [3.05, 3.63) is 50.9 Å². The lowest BCUT2D eigenvalue weighted by Crippen LogP contribution is -2.41. The molecule has 0 spiro atoms. The molecular weight excluding hydrogens is 390 g/mol. The number of halogens is 1. The minimum absolute atomic E-state index is 0.0650. The predicted octanol–water partition coefficient (Wildman–Crippen LogP) is 3.18. The Bertz CT molecular complexity index is 648. The average Bonchev–Trinajstić information content (AvgIpc) is 2.98. The zero-order valence-corrected chi connectivity index (χ0v) is 16.5. The lowest BCUT2D eigenvalue weighted by Gasteiger charge is -2.30. The van der Waals surface area contributed by atoms with E-state index in [4.69, 9.17) is 4.74 Å². The van der Waals surface area contributed by atoms with Gasteiger partial charge >= 0.3 is 0 Å². The number of carbonyl (C=O) groups excluding carboxylic acids is 1. The SMILES string of the molecule is COCCN(Cc1cccnc1)C(=O)[C@@H](c1cc(Br)cs1)N(C)C. The van der Waals surface area contributed by atoms with Crippen molar-refractivity contribution in [1.82, 2.24) is 14.8 Å². The molecule has 1 atom stereocenters. The number of hydrogen-bond acceptors (Lipinski definition) is 5. The summed E-state index contributed by atoms with van der Waals surface area (Å²) in [6, 6.07) is 5.56. The van der Waals surface area contributed by atoms with E-state index in [1.165, 1.54) is 0 Å². The van der Waals surface area contributed by atoms with Gasteiger partial charge in [-0.05, 0) is 47.7 Å². The van der Waals surface area contributed by atoms with Crippen LogP contribution in [-0.4, -0.2) is 55.0 Å². The Hall–Kier alpha value is -1.28. The summed E-state index contributed by atoms with van der Waals surface area (Å²) in [6.07, 6.45) is 3.52. The molecule has 130 valence electrons. The molecule has 2 aromatic rings. The van der Waals surface area contributed by atoms with Gasteiger partial charge in [-0.15, -0.1) is 11.3 Å². The van der Waals surface area contributed by atoms with Crippen LogP contribution in [0.15, 0.2) is 40.4 Å². The molecule has 2 aromatic heterocycles. The standard InChI is InChI=1S/C17H22BrN3O2S/c1-20(2)16(15-9-14(18)12-24-15)17(22)21(7-8-23-3)11-13-5-4-6-19-10-13/h4-6,9-10,12,16H,7-8,11H2,1-3H3/t16-/m1/s1. The molecule has 5 nitrogen and oxygen atoms in total. The number of amides is 1. The number of rotatable bonds is 8. The monoisotopic (exact) mass is 411 g/mol. The summed E-state index contributed by atoms with van der Waals surface area (Å²) in [5.41, 5.74) is 1.01. The number of methoxy groups -OCH3 is 1. The number of ether oxygens (including phenoxy) is 1. The highest BCUT2D eigenvalue weighted by molar-refractivity contribution is 9.10. The van der Waals surface area contributed by atoms with Crippen LogP contribution < -0.4 is 0 Å². The van der Waals surface area contributed by atoms with Crippen LogP contribution in [0.25, 0.3) is 0 Å². The molecule has 1 amide bonds. The van der Waals surface area contributed by atoms with E-state index in [1.54, 1.807) is 30.8 Å². The van der Waals surface area contributed by atoms with Gasteiger partial charge in [0.2, 0.25) is 5.91 Å². The summed E-state index contributed by atoms with van der Waals surface area (Å²) >= 11 is 5.05. The normalized spacial score (nSPS) is 12.4. The third kappa shape index (κ3) is 5.11. The van der Waals surface area contributed by atoms with Crippen molar-refractivity contribution in [3.63, 3.8) is 0 Å². The number of likely N-dealkylation sites (N-methyl/N-ethyl adjacent to an activating group) is 1. The highest BCUT2D eigenvalue weighted by atomic mass is 79.9. The fraction of sp³-hybridized carbons (Fsp3) is 0.412. The van der Waals surface area contributed by atoms with Crippen molar-refractivity contribution in [2.45, 2.75) is 12.6 Å². The summed E-state index contributed by atoms with van der Waals surface area (Å²) in [4.78, 5) is 22.1. The van der Waals surface area contributed by atoms with Crippen molar-refractivity contribution in [3.8, 4) is 0 Å². The van der Waals surface area contributed by atoms with Gasteiger partial charge in [0, 0.05) is 47.3 Å². The number of carbonyl (C=O) groups is 1. The van der Waals surface area contributed by atoms with E-state index in [2.05, 4.69) is 20.9 Å². The average molecular weight is 412 g/mol. The fourth-order valence-corrected chi connectivity index (χ4v) is 4.05. The predicted molar refractivity (Wildman–Crippen MR) is 100.0 cm³/mol. The van der Waals surface area contributed by atoms with Gasteiger partial charge in [-0.25, -0.2) is 0 Å². The molecule has 0 bridgehead atoms. The molecule has 2 rings (SSSR count). The van der Waals surface area contributed by atoms with Gasteiger partial charge in [0.25, 0.3) is 0 Å². The van der Waals surface area contributed by atoms with Crippen molar-refractivity contribution in [2.75, 3.05) is 34.4 Å². The molecule has 0 unspecified atom stereocenters. The van der Waals surface area contributed by atoms with Crippen molar-refractivity contribution in [1.29, 1.82) is 0 Å². The Labute approximate surface area is 155 Å². The minimum Gasteiger partial charge on any atom is -0.383 e. The summed E-state index contributed by atoms with van der Waals surface area (Å²) < 4.78 is 6.18. The summed E-state index contributed by atoms with van der Waals surface area (Å²) in [5, 5.41) is 2.00. The molecule has 0 saturated carbocycles. The molecule has 0 aliphatic carbocycles. The molecule has 0 saturated heterocycles. The van der Waals surface area contributed by atoms with E-state index in [1.807, 2.05) is 47.5 Å². The summed E-state index contributed by atoms with van der Waals surface area (Å²) in [7, 11) is 5.50. The maximum absolute atomic E-state index is 13.2. The first-order valence-electron chi connectivity index (χ1n) is 7.60. The molecule has 7 heteroatoms. The fourth-order valence-electron chi connectivity index (χ4n) is 2.42. The lowest BCUT2D eigenvalue weighted by atomic mass is 10.1. The van der Waals surface area contributed by atoms with E-state index < -0.39 is 0 Å². The van der Waals surface area contributed by atoms with E-state index in [9.17, 15) is 4.79 Å². The van der Waals surface area contributed by atoms with Gasteiger partial charge < -0.3 is 9.64 Å². The van der Waals surface area contributed by atoms with Gasteiger partial charge in [0.15, 0.2) is 0 Å². The Balaban J connectivity index is 2.23. The molecule has 0 aliphatic rings. The number of aromatic nitrogens is 1. The molecule has 0 aromatic carbocycles. The highest BCUT2D eigenvalue weighted by Crippen LogP contribution is 2.30. The van der Waals surface area contributed by atoms with E-state index in [-0.39, 0.29) is 11.9 Å². The van der Waals surface area contributed by atoms with E-state index in [0.29, 0.717) is 19.7 Å². The van der Waals surface area contributed by atoms with E-state index >= 15 is 0 Å². The third-order valence-corrected chi connectivity index (χ3v) is 5.33. The molecule has 24 heavy (non-hydrogen) atoms. The Morgan fingerprint density at radius 3 is 2.79 bits per heavy atom. The first-order chi connectivity index (χ1) is 11.5. The van der Waals surface area contributed by atoms with Crippen LogP contribution in [0.5, 0.6) is 0 Å². The smallest absolute Gasteiger partial charge is 0.245 e. The number of nitrogens with zero attached hydrogens (tertiary/aromatic N) is 3. The number of thiophene rings is 1. The quantitative estimate of drug-likeness (QED) is 0.668. The van der Waals surface area contributed by atoms with Crippen LogP contribution in [0, 0.1) is 0 Å². The first kappa shape index (κ1) is 19.1. The van der Waals surface area contributed by atoms with Crippen LogP contribution in [0.1, 0.15) is 16.5 Å². The second-order valence-electron chi connectivity index (χ2n) is 5.65. The molecule has 0 fully saturated rings. The zero-order valence-electron chi connectivity index (χ0n) is 14.1.